The van der Waals surface area contributed by atoms with Crippen LogP contribution in [0.25, 0.3) is 0 Å². The minimum Gasteiger partial charge on any atom is -0.466 e. The lowest BCUT2D eigenvalue weighted by Gasteiger charge is -2.33. The Hall–Kier alpha value is -2.06. The SMILES string of the molecule is COC(=O)C1=COC(OC(=O)NCCCN2CCOCC2)C2C(C)=CCC12. The molecule has 0 spiro atoms. The van der Waals surface area contributed by atoms with Crippen LogP contribution in [-0.2, 0) is 23.7 Å². The van der Waals surface area contributed by atoms with E-state index in [0.29, 0.717) is 18.5 Å². The second-order valence-corrected chi connectivity index (χ2v) is 7.03. The summed E-state index contributed by atoms with van der Waals surface area (Å²) in [4.78, 5) is 26.4. The van der Waals surface area contributed by atoms with Crippen molar-refractivity contribution in [1.82, 2.24) is 10.2 Å². The van der Waals surface area contributed by atoms with Crippen LogP contribution < -0.4 is 5.32 Å². The van der Waals surface area contributed by atoms with Gasteiger partial charge in [0.2, 0.25) is 0 Å². The summed E-state index contributed by atoms with van der Waals surface area (Å²) in [5.41, 5.74) is 1.54. The summed E-state index contributed by atoms with van der Waals surface area (Å²) in [5.74, 6) is -0.646. The molecule has 0 aromatic heterocycles. The lowest BCUT2D eigenvalue weighted by molar-refractivity contribution is -0.141. The molecule has 2 heterocycles. The Labute approximate surface area is 159 Å². The highest BCUT2D eigenvalue weighted by atomic mass is 16.7. The van der Waals surface area contributed by atoms with E-state index >= 15 is 0 Å². The molecule has 1 saturated heterocycles. The first kappa shape index (κ1) is 19.7. The molecule has 27 heavy (non-hydrogen) atoms. The van der Waals surface area contributed by atoms with Gasteiger partial charge in [-0.3, -0.25) is 4.90 Å². The van der Waals surface area contributed by atoms with Gasteiger partial charge in [0.15, 0.2) is 0 Å². The van der Waals surface area contributed by atoms with E-state index in [9.17, 15) is 9.59 Å². The van der Waals surface area contributed by atoms with Crippen molar-refractivity contribution in [3.8, 4) is 0 Å². The van der Waals surface area contributed by atoms with Gasteiger partial charge >= 0.3 is 12.1 Å². The van der Waals surface area contributed by atoms with Crippen LogP contribution in [0.1, 0.15) is 19.8 Å². The number of allylic oxidation sites excluding steroid dienone is 1. The zero-order valence-corrected chi connectivity index (χ0v) is 15.9. The zero-order chi connectivity index (χ0) is 19.2. The van der Waals surface area contributed by atoms with Gasteiger partial charge in [-0.15, -0.1) is 0 Å². The normalized spacial score (nSPS) is 27.7. The van der Waals surface area contributed by atoms with Gasteiger partial charge in [-0.05, 0) is 26.3 Å². The van der Waals surface area contributed by atoms with Gasteiger partial charge in [-0.1, -0.05) is 11.6 Å². The largest absolute Gasteiger partial charge is 0.466 e. The third-order valence-corrected chi connectivity index (χ3v) is 5.34. The van der Waals surface area contributed by atoms with Gasteiger partial charge in [0.25, 0.3) is 6.29 Å². The summed E-state index contributed by atoms with van der Waals surface area (Å²) in [7, 11) is 1.35. The molecule has 2 aliphatic heterocycles. The lowest BCUT2D eigenvalue weighted by Crippen LogP contribution is -2.41. The van der Waals surface area contributed by atoms with Crippen LogP contribution in [0, 0.1) is 11.8 Å². The van der Waals surface area contributed by atoms with Crippen LogP contribution in [-0.4, -0.2) is 69.8 Å². The Balaban J connectivity index is 1.46. The zero-order valence-electron chi connectivity index (χ0n) is 15.9. The molecule has 1 amide bonds. The highest BCUT2D eigenvalue weighted by Crippen LogP contribution is 2.43. The Morgan fingerprint density at radius 1 is 1.33 bits per heavy atom. The van der Waals surface area contributed by atoms with E-state index < -0.39 is 18.4 Å². The van der Waals surface area contributed by atoms with Crippen LogP contribution >= 0.6 is 0 Å². The standard InChI is InChI=1S/C19H28N2O6/c1-13-4-5-14-15(17(22)24-2)12-26-18(16(13)14)27-19(23)20-6-3-7-21-8-10-25-11-9-21/h4,12,14,16,18H,3,5-11H2,1-2H3,(H,20,23). The molecular weight excluding hydrogens is 352 g/mol. The second-order valence-electron chi connectivity index (χ2n) is 7.03. The number of nitrogens with one attached hydrogen (secondary N) is 1. The molecule has 8 heteroatoms. The average molecular weight is 380 g/mol. The fraction of sp³-hybridized carbons (Fsp3) is 0.684. The molecule has 3 atom stereocenters. The number of carbonyl (C=O) groups excluding carboxylic acids is 2. The van der Waals surface area contributed by atoms with E-state index in [-0.39, 0.29) is 11.8 Å². The number of carbonyl (C=O) groups is 2. The molecule has 0 bridgehead atoms. The number of alkyl carbamates (subject to hydrolysis) is 1. The maximum Gasteiger partial charge on any atom is 0.410 e. The molecule has 3 unspecified atom stereocenters. The fourth-order valence-corrected chi connectivity index (χ4v) is 3.83. The lowest BCUT2D eigenvalue weighted by atomic mass is 9.84. The molecule has 1 N–H and O–H groups in total. The second kappa shape index (κ2) is 9.23. The molecule has 0 saturated carbocycles. The summed E-state index contributed by atoms with van der Waals surface area (Å²) in [6, 6.07) is 0. The van der Waals surface area contributed by atoms with E-state index in [0.717, 1.165) is 44.8 Å². The highest BCUT2D eigenvalue weighted by molar-refractivity contribution is 5.89. The summed E-state index contributed by atoms with van der Waals surface area (Å²) in [6.45, 7) is 6.82. The van der Waals surface area contributed by atoms with Gasteiger partial charge in [-0.2, -0.15) is 0 Å². The van der Waals surface area contributed by atoms with Gasteiger partial charge in [0, 0.05) is 25.6 Å². The first-order chi connectivity index (χ1) is 13.1. The Kier molecular flexibility index (Phi) is 6.73. The maximum atomic E-state index is 12.2. The molecule has 0 aromatic carbocycles. The van der Waals surface area contributed by atoms with Crippen molar-refractivity contribution in [3.63, 3.8) is 0 Å². The van der Waals surface area contributed by atoms with Gasteiger partial charge in [-0.25, -0.2) is 9.59 Å². The predicted molar refractivity (Wildman–Crippen MR) is 96.7 cm³/mol. The van der Waals surface area contributed by atoms with E-state index in [1.165, 1.54) is 13.4 Å². The number of morpholine rings is 1. The monoisotopic (exact) mass is 380 g/mol. The molecule has 0 aromatic rings. The smallest absolute Gasteiger partial charge is 0.410 e. The van der Waals surface area contributed by atoms with Crippen molar-refractivity contribution in [3.05, 3.63) is 23.5 Å². The number of fused-ring (bicyclic) bond motifs is 1. The summed E-state index contributed by atoms with van der Waals surface area (Å²) in [6.07, 6.45) is 3.74. The van der Waals surface area contributed by atoms with Gasteiger partial charge in [0.1, 0.15) is 0 Å². The Bertz CT molecular complexity index is 611. The van der Waals surface area contributed by atoms with Crippen LogP contribution in [0.4, 0.5) is 4.79 Å². The van der Waals surface area contributed by atoms with Gasteiger partial charge in [0.05, 0.1) is 38.1 Å². The molecule has 150 valence electrons. The topological polar surface area (TPSA) is 86.3 Å². The fourth-order valence-electron chi connectivity index (χ4n) is 3.83. The third kappa shape index (κ3) is 4.81. The molecule has 3 rings (SSSR count). The maximum absolute atomic E-state index is 12.2. The van der Waals surface area contributed by atoms with E-state index in [4.69, 9.17) is 18.9 Å². The van der Waals surface area contributed by atoms with Crippen LogP contribution in [0.5, 0.6) is 0 Å². The van der Waals surface area contributed by atoms with Crippen LogP contribution in [0.2, 0.25) is 0 Å². The van der Waals surface area contributed by atoms with Crippen molar-refractivity contribution >= 4 is 12.1 Å². The van der Waals surface area contributed by atoms with E-state index in [1.54, 1.807) is 0 Å². The van der Waals surface area contributed by atoms with Crippen molar-refractivity contribution in [2.75, 3.05) is 46.5 Å². The highest BCUT2D eigenvalue weighted by Gasteiger charge is 2.44. The number of ether oxygens (including phenoxy) is 4. The molecular formula is C19H28N2O6. The predicted octanol–water partition coefficient (Wildman–Crippen LogP) is 1.43. The number of nitrogens with zero attached hydrogens (tertiary/aromatic N) is 1. The average Bonchev–Trinajstić information content (AvgIpc) is 3.08. The number of hydrogen-bond acceptors (Lipinski definition) is 7. The molecule has 3 aliphatic rings. The molecule has 0 radical (unpaired) electrons. The molecule has 8 nitrogen and oxygen atoms in total. The van der Waals surface area contributed by atoms with E-state index in [2.05, 4.69) is 16.3 Å². The van der Waals surface area contributed by atoms with Crippen molar-refractivity contribution < 1.29 is 28.5 Å². The summed E-state index contributed by atoms with van der Waals surface area (Å²) >= 11 is 0. The number of amides is 1. The molecule has 1 fully saturated rings. The number of hydrogen-bond donors (Lipinski definition) is 1. The van der Waals surface area contributed by atoms with Crippen molar-refractivity contribution in [1.29, 1.82) is 0 Å². The van der Waals surface area contributed by atoms with Crippen molar-refractivity contribution in [2.45, 2.75) is 26.1 Å². The minimum atomic E-state index is -0.735. The van der Waals surface area contributed by atoms with Crippen LogP contribution in [0.3, 0.4) is 0 Å². The number of rotatable bonds is 6. The molecule has 1 aliphatic carbocycles. The van der Waals surface area contributed by atoms with E-state index in [1.807, 2.05) is 6.92 Å². The summed E-state index contributed by atoms with van der Waals surface area (Å²) < 4.78 is 21.2. The Morgan fingerprint density at radius 3 is 2.85 bits per heavy atom. The number of methoxy groups -OCH3 is 1. The minimum absolute atomic E-state index is 0.0784. The van der Waals surface area contributed by atoms with Crippen LogP contribution in [0.15, 0.2) is 23.5 Å². The number of esters is 1. The quantitative estimate of drug-likeness (QED) is 0.424. The first-order valence-corrected chi connectivity index (χ1v) is 9.45. The third-order valence-electron chi connectivity index (χ3n) is 5.34. The van der Waals surface area contributed by atoms with Crippen molar-refractivity contribution in [2.24, 2.45) is 11.8 Å². The first-order valence-electron chi connectivity index (χ1n) is 9.45. The summed E-state index contributed by atoms with van der Waals surface area (Å²) in [5, 5.41) is 2.78. The Morgan fingerprint density at radius 2 is 2.11 bits per heavy atom. The van der Waals surface area contributed by atoms with Gasteiger partial charge < -0.3 is 24.3 Å².